The first-order valence-electron chi connectivity index (χ1n) is 7.77. The Kier molecular flexibility index (Phi) is 5.10. The predicted molar refractivity (Wildman–Crippen MR) is 101 cm³/mol. The lowest BCUT2D eigenvalue weighted by Crippen LogP contribution is -2.29. The van der Waals surface area contributed by atoms with Crippen molar-refractivity contribution in [1.29, 1.82) is 0 Å². The number of thiazole rings is 1. The maximum absolute atomic E-state index is 11.8. The lowest BCUT2D eigenvalue weighted by molar-refractivity contribution is 0.518. The molecule has 0 fully saturated rings. The number of sulfonamides is 1. The summed E-state index contributed by atoms with van der Waals surface area (Å²) in [4.78, 5) is 4.56. The smallest absolute Gasteiger partial charge is 0.232 e. The molecule has 132 valence electrons. The molecule has 0 aliphatic rings. The molecule has 3 rings (SSSR count). The van der Waals surface area contributed by atoms with E-state index in [4.69, 9.17) is 4.42 Å². The number of rotatable bonds is 7. The second-order valence-electron chi connectivity index (χ2n) is 5.45. The zero-order valence-electron chi connectivity index (χ0n) is 14.0. The molecule has 3 aromatic rings. The van der Waals surface area contributed by atoms with Crippen LogP contribution in [0, 0.1) is 0 Å². The minimum Gasteiger partial charge on any atom is -0.467 e. The Morgan fingerprint density at radius 3 is 2.60 bits per heavy atom. The molecule has 0 aliphatic heterocycles. The van der Waals surface area contributed by atoms with E-state index in [1.807, 2.05) is 36.6 Å². The van der Waals surface area contributed by atoms with E-state index in [1.54, 1.807) is 18.4 Å². The van der Waals surface area contributed by atoms with E-state index in [2.05, 4.69) is 10.3 Å². The maximum atomic E-state index is 11.8. The van der Waals surface area contributed by atoms with Gasteiger partial charge in [-0.25, -0.2) is 13.4 Å². The second kappa shape index (κ2) is 7.28. The van der Waals surface area contributed by atoms with Crippen LogP contribution in [0.4, 0.5) is 10.8 Å². The third-order valence-electron chi connectivity index (χ3n) is 3.64. The summed E-state index contributed by atoms with van der Waals surface area (Å²) in [5.41, 5.74) is 2.44. The van der Waals surface area contributed by atoms with Crippen LogP contribution in [0.5, 0.6) is 0 Å². The van der Waals surface area contributed by atoms with E-state index in [-0.39, 0.29) is 0 Å². The van der Waals surface area contributed by atoms with Crippen LogP contribution in [0.1, 0.15) is 12.7 Å². The third kappa shape index (κ3) is 4.21. The van der Waals surface area contributed by atoms with Gasteiger partial charge < -0.3 is 9.73 Å². The number of benzene rings is 1. The van der Waals surface area contributed by atoms with E-state index in [9.17, 15) is 8.42 Å². The fourth-order valence-corrected chi connectivity index (χ4v) is 4.16. The summed E-state index contributed by atoms with van der Waals surface area (Å²) < 4.78 is 30.2. The molecule has 25 heavy (non-hydrogen) atoms. The highest BCUT2D eigenvalue weighted by atomic mass is 32.2. The monoisotopic (exact) mass is 377 g/mol. The molecule has 0 aliphatic carbocycles. The zero-order chi connectivity index (χ0) is 17.9. The van der Waals surface area contributed by atoms with Crippen molar-refractivity contribution in [2.75, 3.05) is 22.4 Å². The van der Waals surface area contributed by atoms with Gasteiger partial charge in [0.15, 0.2) is 5.13 Å². The Morgan fingerprint density at radius 2 is 2.00 bits per heavy atom. The van der Waals surface area contributed by atoms with Gasteiger partial charge in [0, 0.05) is 17.5 Å². The molecule has 0 saturated heterocycles. The first kappa shape index (κ1) is 17.5. The van der Waals surface area contributed by atoms with Gasteiger partial charge >= 0.3 is 0 Å². The van der Waals surface area contributed by atoms with Crippen LogP contribution < -0.4 is 9.62 Å². The number of hydrogen-bond acceptors (Lipinski definition) is 6. The van der Waals surface area contributed by atoms with Crippen molar-refractivity contribution in [1.82, 2.24) is 4.98 Å². The summed E-state index contributed by atoms with van der Waals surface area (Å²) in [7, 11) is -3.27. The number of nitrogens with one attached hydrogen (secondary N) is 1. The van der Waals surface area contributed by atoms with Gasteiger partial charge in [-0.3, -0.25) is 4.31 Å². The fraction of sp³-hybridized carbons (Fsp3) is 0.235. The van der Waals surface area contributed by atoms with Gasteiger partial charge in [-0.1, -0.05) is 12.1 Å². The van der Waals surface area contributed by atoms with Crippen LogP contribution in [-0.4, -0.2) is 26.2 Å². The standard InChI is InChI=1S/C17H19N3O3S2/c1-3-20(25(2,21)22)14-8-6-13(7-9-14)16-12-24-17(19-16)18-11-15-5-4-10-23-15/h4-10,12H,3,11H2,1-2H3,(H,18,19). The van der Waals surface area contributed by atoms with Gasteiger partial charge in [0.2, 0.25) is 10.0 Å². The topological polar surface area (TPSA) is 75.4 Å². The largest absolute Gasteiger partial charge is 0.467 e. The van der Waals surface area contributed by atoms with Gasteiger partial charge in [-0.2, -0.15) is 0 Å². The third-order valence-corrected chi connectivity index (χ3v) is 5.71. The predicted octanol–water partition coefficient (Wildman–Crippen LogP) is 3.80. The Morgan fingerprint density at radius 1 is 1.24 bits per heavy atom. The molecule has 1 aromatic carbocycles. The molecular formula is C17H19N3O3S2. The highest BCUT2D eigenvalue weighted by molar-refractivity contribution is 7.92. The van der Waals surface area contributed by atoms with Gasteiger partial charge in [-0.05, 0) is 31.2 Å². The molecule has 0 unspecified atom stereocenters. The van der Waals surface area contributed by atoms with Crippen LogP contribution in [0.2, 0.25) is 0 Å². The van der Waals surface area contributed by atoms with Gasteiger partial charge in [0.1, 0.15) is 5.76 Å². The highest BCUT2D eigenvalue weighted by Gasteiger charge is 2.15. The minimum atomic E-state index is -3.27. The van der Waals surface area contributed by atoms with Crippen LogP contribution >= 0.6 is 11.3 Å². The number of furan rings is 1. The molecule has 0 amide bonds. The van der Waals surface area contributed by atoms with Crippen LogP contribution in [0.25, 0.3) is 11.3 Å². The summed E-state index contributed by atoms with van der Waals surface area (Å²) in [6, 6.07) is 11.1. The van der Waals surface area contributed by atoms with Gasteiger partial charge in [0.05, 0.1) is 30.4 Å². The summed E-state index contributed by atoms with van der Waals surface area (Å²) >= 11 is 1.52. The summed E-state index contributed by atoms with van der Waals surface area (Å²) in [5.74, 6) is 0.849. The average Bonchev–Trinajstić information content (AvgIpc) is 3.25. The number of anilines is 2. The lowest BCUT2D eigenvalue weighted by atomic mass is 10.1. The van der Waals surface area contributed by atoms with Crippen molar-refractivity contribution < 1.29 is 12.8 Å². The van der Waals surface area contributed by atoms with Crippen molar-refractivity contribution in [3.63, 3.8) is 0 Å². The van der Waals surface area contributed by atoms with E-state index >= 15 is 0 Å². The van der Waals surface area contributed by atoms with E-state index in [0.29, 0.717) is 18.8 Å². The molecule has 0 saturated carbocycles. The molecule has 2 heterocycles. The van der Waals surface area contributed by atoms with E-state index in [0.717, 1.165) is 22.1 Å². The molecule has 6 nitrogen and oxygen atoms in total. The van der Waals surface area contributed by atoms with Crippen molar-refractivity contribution in [2.24, 2.45) is 0 Å². The summed E-state index contributed by atoms with van der Waals surface area (Å²) in [6.07, 6.45) is 2.85. The van der Waals surface area contributed by atoms with Crippen molar-refractivity contribution >= 4 is 32.2 Å². The Bertz CT molecular complexity index is 916. The van der Waals surface area contributed by atoms with Crippen LogP contribution in [-0.2, 0) is 16.6 Å². The average molecular weight is 377 g/mol. The SMILES string of the molecule is CCN(c1ccc(-c2csc(NCc3ccco3)n2)cc1)S(C)(=O)=O. The molecular weight excluding hydrogens is 358 g/mol. The quantitative estimate of drug-likeness (QED) is 0.678. The lowest BCUT2D eigenvalue weighted by Gasteiger charge is -2.20. The molecule has 8 heteroatoms. The molecule has 0 spiro atoms. The summed E-state index contributed by atoms with van der Waals surface area (Å²) in [5, 5.41) is 6.00. The van der Waals surface area contributed by atoms with E-state index in [1.165, 1.54) is 21.9 Å². The minimum absolute atomic E-state index is 0.399. The van der Waals surface area contributed by atoms with Crippen molar-refractivity contribution in [3.8, 4) is 11.3 Å². The Labute approximate surface area is 151 Å². The van der Waals surface area contributed by atoms with Crippen LogP contribution in [0.15, 0.2) is 52.5 Å². The first-order chi connectivity index (χ1) is 12.0. The number of nitrogens with zero attached hydrogens (tertiary/aromatic N) is 2. The number of aromatic nitrogens is 1. The van der Waals surface area contributed by atoms with Gasteiger partial charge in [0.25, 0.3) is 0 Å². The zero-order valence-corrected chi connectivity index (χ0v) is 15.6. The molecule has 2 aromatic heterocycles. The first-order valence-corrected chi connectivity index (χ1v) is 10.5. The van der Waals surface area contributed by atoms with Gasteiger partial charge in [-0.15, -0.1) is 11.3 Å². The molecule has 0 atom stereocenters. The number of hydrogen-bond donors (Lipinski definition) is 1. The molecule has 0 bridgehead atoms. The normalized spacial score (nSPS) is 11.4. The van der Waals surface area contributed by atoms with Crippen molar-refractivity contribution in [2.45, 2.75) is 13.5 Å². The molecule has 1 N–H and O–H groups in total. The molecule has 0 radical (unpaired) electrons. The fourth-order valence-electron chi connectivity index (χ4n) is 2.47. The Hall–Kier alpha value is -2.32. The maximum Gasteiger partial charge on any atom is 0.232 e. The van der Waals surface area contributed by atoms with Crippen LogP contribution in [0.3, 0.4) is 0 Å². The highest BCUT2D eigenvalue weighted by Crippen LogP contribution is 2.27. The van der Waals surface area contributed by atoms with Crippen molar-refractivity contribution in [3.05, 3.63) is 53.8 Å². The van der Waals surface area contributed by atoms with E-state index < -0.39 is 10.0 Å². The Balaban J connectivity index is 1.72. The summed E-state index contributed by atoms with van der Waals surface area (Å²) in [6.45, 7) is 2.79. The second-order valence-corrected chi connectivity index (χ2v) is 8.21.